The lowest BCUT2D eigenvalue weighted by Gasteiger charge is -2.23. The molecule has 0 saturated heterocycles. The van der Waals surface area contributed by atoms with Crippen molar-refractivity contribution in [1.29, 1.82) is 0 Å². The van der Waals surface area contributed by atoms with Crippen molar-refractivity contribution in [2.75, 3.05) is 0 Å². The number of carbonyl (C=O) groups excluding carboxylic acids is 1. The lowest BCUT2D eigenvalue weighted by molar-refractivity contribution is 0.0693. The molecule has 0 radical (unpaired) electrons. The first kappa shape index (κ1) is 21.5. The molecule has 0 atom stereocenters. The third kappa shape index (κ3) is 4.44. The van der Waals surface area contributed by atoms with Crippen LogP contribution in [0.15, 0.2) is 88.9 Å². The number of aromatic carboxylic acids is 1. The number of carboxylic acid groups (broad SMARTS) is 1. The van der Waals surface area contributed by atoms with E-state index in [1.165, 1.54) is 11.3 Å². The van der Waals surface area contributed by atoms with Crippen molar-refractivity contribution < 1.29 is 19.2 Å². The van der Waals surface area contributed by atoms with Crippen LogP contribution in [0.3, 0.4) is 0 Å². The van der Waals surface area contributed by atoms with E-state index in [-0.39, 0.29) is 11.5 Å². The van der Waals surface area contributed by atoms with E-state index < -0.39 is 5.97 Å². The van der Waals surface area contributed by atoms with Gasteiger partial charge in [0.25, 0.3) is 5.91 Å². The summed E-state index contributed by atoms with van der Waals surface area (Å²) >= 11 is 1.47. The monoisotopic (exact) mass is 469 g/mol. The first-order chi connectivity index (χ1) is 16.6. The Bertz CT molecular complexity index is 1450. The number of aromatic nitrogens is 2. The SMILES string of the molecule is O=C(O)c1ccc(CN(Cc2ccccc2)C(=O)c2ccc3c(-c4nccs4)noc3c2)cc1. The fourth-order valence-electron chi connectivity index (χ4n) is 3.72. The van der Waals surface area contributed by atoms with Crippen molar-refractivity contribution in [3.05, 3.63) is 107 Å². The van der Waals surface area contributed by atoms with Crippen LogP contribution < -0.4 is 0 Å². The number of fused-ring (bicyclic) bond motifs is 1. The molecule has 1 amide bonds. The smallest absolute Gasteiger partial charge is 0.335 e. The van der Waals surface area contributed by atoms with Crippen LogP contribution in [-0.2, 0) is 13.1 Å². The summed E-state index contributed by atoms with van der Waals surface area (Å²) in [7, 11) is 0. The minimum absolute atomic E-state index is 0.166. The lowest BCUT2D eigenvalue weighted by Crippen LogP contribution is -2.30. The van der Waals surface area contributed by atoms with Gasteiger partial charge in [-0.25, -0.2) is 9.78 Å². The van der Waals surface area contributed by atoms with Gasteiger partial charge in [0.15, 0.2) is 5.58 Å². The molecule has 0 aliphatic heterocycles. The van der Waals surface area contributed by atoms with Crippen molar-refractivity contribution in [3.8, 4) is 10.7 Å². The fourth-order valence-corrected chi connectivity index (χ4v) is 4.36. The molecular formula is C26H19N3O4S. The molecule has 1 N–H and O–H groups in total. The number of hydrogen-bond acceptors (Lipinski definition) is 6. The maximum absolute atomic E-state index is 13.6. The molecule has 7 nitrogen and oxygen atoms in total. The van der Waals surface area contributed by atoms with E-state index in [1.54, 1.807) is 47.5 Å². The molecule has 0 saturated carbocycles. The third-order valence-corrected chi connectivity index (χ3v) is 6.21. The molecule has 5 rings (SSSR count). The molecule has 5 aromatic rings. The Morgan fingerprint density at radius 2 is 1.62 bits per heavy atom. The molecule has 168 valence electrons. The summed E-state index contributed by atoms with van der Waals surface area (Å²) in [6.07, 6.45) is 1.71. The van der Waals surface area contributed by atoms with Crippen LogP contribution in [0.2, 0.25) is 0 Å². The summed E-state index contributed by atoms with van der Waals surface area (Å²) < 4.78 is 5.51. The highest BCUT2D eigenvalue weighted by Crippen LogP contribution is 2.30. The first-order valence-corrected chi connectivity index (χ1v) is 11.4. The second-order valence-electron chi connectivity index (χ2n) is 7.73. The van der Waals surface area contributed by atoms with Gasteiger partial charge in [0.2, 0.25) is 0 Å². The lowest BCUT2D eigenvalue weighted by atomic mass is 10.1. The maximum Gasteiger partial charge on any atom is 0.335 e. The highest BCUT2D eigenvalue weighted by molar-refractivity contribution is 7.13. The topological polar surface area (TPSA) is 96.5 Å². The van der Waals surface area contributed by atoms with E-state index in [9.17, 15) is 9.59 Å². The van der Waals surface area contributed by atoms with Gasteiger partial charge in [-0.3, -0.25) is 4.79 Å². The first-order valence-electron chi connectivity index (χ1n) is 10.5. The summed E-state index contributed by atoms with van der Waals surface area (Å²) in [5, 5.41) is 16.7. The van der Waals surface area contributed by atoms with E-state index in [2.05, 4.69) is 10.1 Å². The predicted octanol–water partition coefficient (Wildman–Crippen LogP) is 5.49. The van der Waals surface area contributed by atoms with Gasteiger partial charge < -0.3 is 14.5 Å². The van der Waals surface area contributed by atoms with Crippen LogP contribution in [0.25, 0.3) is 21.7 Å². The van der Waals surface area contributed by atoms with Crippen LogP contribution in [-0.4, -0.2) is 32.0 Å². The molecule has 0 unspecified atom stereocenters. The molecule has 0 aliphatic carbocycles. The number of amides is 1. The van der Waals surface area contributed by atoms with E-state index in [0.29, 0.717) is 29.9 Å². The number of hydrogen-bond donors (Lipinski definition) is 1. The zero-order valence-corrected chi connectivity index (χ0v) is 18.7. The maximum atomic E-state index is 13.6. The summed E-state index contributed by atoms with van der Waals surface area (Å²) in [4.78, 5) is 30.8. The molecule has 0 spiro atoms. The average Bonchev–Trinajstić information content (AvgIpc) is 3.53. The van der Waals surface area contributed by atoms with Crippen LogP contribution in [0, 0.1) is 0 Å². The standard InChI is InChI=1S/C26H19N3O4S/c30-25(20-10-11-21-22(14-20)33-28-23(21)24-27-12-13-34-24)29(15-17-4-2-1-3-5-17)16-18-6-8-19(9-7-18)26(31)32/h1-14H,15-16H2,(H,31,32). The van der Waals surface area contributed by atoms with Gasteiger partial charge >= 0.3 is 5.97 Å². The van der Waals surface area contributed by atoms with Crippen molar-refractivity contribution >= 4 is 34.2 Å². The zero-order chi connectivity index (χ0) is 23.5. The average molecular weight is 470 g/mol. The molecular weight excluding hydrogens is 450 g/mol. The van der Waals surface area contributed by atoms with E-state index in [0.717, 1.165) is 21.5 Å². The number of thiazole rings is 1. The number of rotatable bonds is 7. The summed E-state index contributed by atoms with van der Waals surface area (Å²) in [5.41, 5.74) is 3.68. The number of nitrogens with zero attached hydrogens (tertiary/aromatic N) is 3. The Kier molecular flexibility index (Phi) is 5.88. The van der Waals surface area contributed by atoms with Crippen molar-refractivity contribution in [1.82, 2.24) is 15.0 Å². The summed E-state index contributed by atoms with van der Waals surface area (Å²) in [6.45, 7) is 0.728. The number of carbonyl (C=O) groups is 2. The van der Waals surface area contributed by atoms with Gasteiger partial charge in [-0.15, -0.1) is 11.3 Å². The highest BCUT2D eigenvalue weighted by atomic mass is 32.1. The Balaban J connectivity index is 1.45. The minimum atomic E-state index is -0.985. The Morgan fingerprint density at radius 3 is 2.29 bits per heavy atom. The van der Waals surface area contributed by atoms with Crippen molar-refractivity contribution in [2.24, 2.45) is 0 Å². The normalized spacial score (nSPS) is 10.9. The third-order valence-electron chi connectivity index (χ3n) is 5.43. The van der Waals surface area contributed by atoms with Crippen molar-refractivity contribution in [2.45, 2.75) is 13.1 Å². The minimum Gasteiger partial charge on any atom is -0.478 e. The largest absolute Gasteiger partial charge is 0.478 e. The van der Waals surface area contributed by atoms with E-state index in [4.69, 9.17) is 9.63 Å². The van der Waals surface area contributed by atoms with Gasteiger partial charge in [0.05, 0.1) is 10.9 Å². The van der Waals surface area contributed by atoms with Crippen LogP contribution in [0.1, 0.15) is 31.8 Å². The van der Waals surface area contributed by atoms with Gasteiger partial charge in [0, 0.05) is 30.2 Å². The fraction of sp³-hybridized carbons (Fsp3) is 0.0769. The molecule has 2 aromatic heterocycles. The predicted molar refractivity (Wildman–Crippen MR) is 129 cm³/mol. The second-order valence-corrected chi connectivity index (χ2v) is 8.62. The molecule has 0 aliphatic rings. The number of carboxylic acids is 1. The molecule has 8 heteroatoms. The van der Waals surface area contributed by atoms with Gasteiger partial charge in [-0.2, -0.15) is 0 Å². The Morgan fingerprint density at radius 1 is 0.912 bits per heavy atom. The van der Waals surface area contributed by atoms with E-state index >= 15 is 0 Å². The zero-order valence-electron chi connectivity index (χ0n) is 17.9. The van der Waals surface area contributed by atoms with Crippen molar-refractivity contribution in [3.63, 3.8) is 0 Å². The van der Waals surface area contributed by atoms with Crippen LogP contribution >= 0.6 is 11.3 Å². The van der Waals surface area contributed by atoms with Crippen LogP contribution in [0.5, 0.6) is 0 Å². The molecule has 3 aromatic carbocycles. The summed E-state index contributed by atoms with van der Waals surface area (Å²) in [5.74, 6) is -1.15. The molecule has 0 fully saturated rings. The highest BCUT2D eigenvalue weighted by Gasteiger charge is 2.20. The number of benzene rings is 3. The van der Waals surface area contributed by atoms with E-state index in [1.807, 2.05) is 41.8 Å². The molecule has 0 bridgehead atoms. The Hall–Kier alpha value is -4.30. The second kappa shape index (κ2) is 9.29. The molecule has 2 heterocycles. The van der Waals surface area contributed by atoms with Gasteiger partial charge in [0.1, 0.15) is 10.7 Å². The summed E-state index contributed by atoms with van der Waals surface area (Å²) in [6, 6.07) is 21.6. The molecule has 34 heavy (non-hydrogen) atoms. The quantitative estimate of drug-likeness (QED) is 0.338. The van der Waals surface area contributed by atoms with Gasteiger partial charge in [-0.1, -0.05) is 47.6 Å². The van der Waals surface area contributed by atoms with Crippen LogP contribution in [0.4, 0.5) is 0 Å². The Labute approximate surface area is 198 Å². The van der Waals surface area contributed by atoms with Gasteiger partial charge in [-0.05, 0) is 41.5 Å².